The van der Waals surface area contributed by atoms with Crippen molar-refractivity contribution in [2.45, 2.75) is 32.2 Å². The summed E-state index contributed by atoms with van der Waals surface area (Å²) in [5.74, 6) is 2.54. The van der Waals surface area contributed by atoms with Crippen LogP contribution in [-0.4, -0.2) is 77.1 Å². The van der Waals surface area contributed by atoms with Crippen LogP contribution in [0.3, 0.4) is 0 Å². The van der Waals surface area contributed by atoms with Gasteiger partial charge < -0.3 is 29.7 Å². The highest BCUT2D eigenvalue weighted by Gasteiger charge is 2.19. The maximum atomic E-state index is 5.78. The van der Waals surface area contributed by atoms with Crippen molar-refractivity contribution in [2.75, 3.05) is 60.2 Å². The Kier molecular flexibility index (Phi) is 13.8. The van der Waals surface area contributed by atoms with E-state index in [-0.39, 0.29) is 24.0 Å². The summed E-state index contributed by atoms with van der Waals surface area (Å²) in [7, 11) is 3.42. The van der Waals surface area contributed by atoms with Crippen LogP contribution in [0.1, 0.15) is 26.2 Å². The van der Waals surface area contributed by atoms with Crippen LogP contribution in [0.4, 0.5) is 0 Å². The van der Waals surface area contributed by atoms with Gasteiger partial charge in [-0.05, 0) is 31.9 Å². The van der Waals surface area contributed by atoms with Crippen molar-refractivity contribution in [1.82, 2.24) is 15.5 Å². The molecule has 166 valence electrons. The van der Waals surface area contributed by atoms with Crippen molar-refractivity contribution in [3.8, 4) is 11.5 Å². The number of ether oxygens (including phenoxy) is 3. The highest BCUT2D eigenvalue weighted by Crippen LogP contribution is 2.18. The lowest BCUT2D eigenvalue weighted by Gasteiger charge is -2.32. The Morgan fingerprint density at radius 2 is 1.93 bits per heavy atom. The van der Waals surface area contributed by atoms with Crippen LogP contribution < -0.4 is 20.1 Å². The van der Waals surface area contributed by atoms with Crippen LogP contribution >= 0.6 is 24.0 Å². The van der Waals surface area contributed by atoms with Gasteiger partial charge in [-0.1, -0.05) is 6.07 Å². The molecule has 1 fully saturated rings. The maximum Gasteiger partial charge on any atom is 0.191 e. The van der Waals surface area contributed by atoms with E-state index < -0.39 is 0 Å². The van der Waals surface area contributed by atoms with Gasteiger partial charge in [0.05, 0.1) is 20.3 Å². The number of hydrogen-bond acceptors (Lipinski definition) is 5. The van der Waals surface area contributed by atoms with E-state index in [1.54, 1.807) is 14.2 Å². The molecule has 1 saturated heterocycles. The van der Waals surface area contributed by atoms with E-state index in [1.807, 2.05) is 24.3 Å². The molecule has 0 aromatic heterocycles. The number of hydrogen-bond donors (Lipinski definition) is 2. The van der Waals surface area contributed by atoms with E-state index in [9.17, 15) is 0 Å². The number of aliphatic imine (C=N–C) groups is 1. The number of nitrogens with zero attached hydrogens (tertiary/aromatic N) is 2. The third-order valence-corrected chi connectivity index (χ3v) is 4.77. The number of likely N-dealkylation sites (tertiary alicyclic amines) is 1. The first-order valence-corrected chi connectivity index (χ1v) is 10.3. The Hall–Kier alpha value is -1.26. The molecule has 0 radical (unpaired) electrons. The van der Waals surface area contributed by atoms with Crippen LogP contribution in [0, 0.1) is 0 Å². The predicted molar refractivity (Wildman–Crippen MR) is 129 cm³/mol. The van der Waals surface area contributed by atoms with Gasteiger partial charge in [-0.15, -0.1) is 24.0 Å². The van der Waals surface area contributed by atoms with Gasteiger partial charge >= 0.3 is 0 Å². The topological polar surface area (TPSA) is 67.4 Å². The molecular formula is C21H37IN4O3. The number of nitrogens with one attached hydrogen (secondary N) is 2. The Morgan fingerprint density at radius 1 is 1.17 bits per heavy atom. The van der Waals surface area contributed by atoms with Crippen LogP contribution in [0.25, 0.3) is 0 Å². The van der Waals surface area contributed by atoms with E-state index in [1.165, 1.54) is 0 Å². The molecule has 2 rings (SSSR count). The number of guanidine groups is 1. The highest BCUT2D eigenvalue weighted by molar-refractivity contribution is 14.0. The van der Waals surface area contributed by atoms with Crippen molar-refractivity contribution in [2.24, 2.45) is 4.99 Å². The second-order valence-corrected chi connectivity index (χ2v) is 6.89. The number of methoxy groups -OCH3 is 2. The zero-order chi connectivity index (χ0) is 20.0. The highest BCUT2D eigenvalue weighted by atomic mass is 127. The molecule has 2 N–H and O–H groups in total. The van der Waals surface area contributed by atoms with E-state index in [2.05, 4.69) is 22.5 Å². The van der Waals surface area contributed by atoms with E-state index in [0.717, 1.165) is 76.1 Å². The monoisotopic (exact) mass is 520 g/mol. The molecule has 8 heteroatoms. The molecule has 0 amide bonds. The van der Waals surface area contributed by atoms with Gasteiger partial charge in [-0.3, -0.25) is 4.99 Å². The molecule has 29 heavy (non-hydrogen) atoms. The lowest BCUT2D eigenvalue weighted by Crippen LogP contribution is -2.49. The fourth-order valence-electron chi connectivity index (χ4n) is 3.17. The molecular weight excluding hydrogens is 483 g/mol. The number of benzene rings is 1. The Morgan fingerprint density at radius 3 is 2.62 bits per heavy atom. The van der Waals surface area contributed by atoms with E-state index in [4.69, 9.17) is 19.2 Å². The molecule has 7 nitrogen and oxygen atoms in total. The van der Waals surface area contributed by atoms with Gasteiger partial charge in [0.15, 0.2) is 5.96 Å². The van der Waals surface area contributed by atoms with Gasteiger partial charge in [0.2, 0.25) is 0 Å². The molecule has 0 aliphatic carbocycles. The van der Waals surface area contributed by atoms with Gasteiger partial charge in [-0.2, -0.15) is 0 Å². The minimum absolute atomic E-state index is 0. The summed E-state index contributed by atoms with van der Waals surface area (Å²) < 4.78 is 16.2. The summed E-state index contributed by atoms with van der Waals surface area (Å²) in [6.45, 7) is 8.35. The largest absolute Gasteiger partial charge is 0.497 e. The molecule has 0 bridgehead atoms. The molecule has 1 aliphatic rings. The zero-order valence-corrected chi connectivity index (χ0v) is 20.3. The summed E-state index contributed by atoms with van der Waals surface area (Å²) >= 11 is 0. The second kappa shape index (κ2) is 15.6. The van der Waals surface area contributed by atoms with Crippen LogP contribution in [0.15, 0.2) is 29.3 Å². The molecule has 0 unspecified atom stereocenters. The quantitative estimate of drug-likeness (QED) is 0.203. The number of rotatable bonds is 11. The third kappa shape index (κ3) is 10.4. The van der Waals surface area contributed by atoms with Gasteiger partial charge in [0.25, 0.3) is 0 Å². The number of piperidine rings is 1. The first-order chi connectivity index (χ1) is 13.7. The minimum atomic E-state index is 0. The normalized spacial score (nSPS) is 15.5. The van der Waals surface area contributed by atoms with E-state index >= 15 is 0 Å². The Balaban J connectivity index is 0.00000420. The molecule has 1 heterocycles. The van der Waals surface area contributed by atoms with Gasteiger partial charge in [0, 0.05) is 58.4 Å². The van der Waals surface area contributed by atoms with E-state index in [0.29, 0.717) is 12.6 Å². The lowest BCUT2D eigenvalue weighted by atomic mass is 10.1. The van der Waals surface area contributed by atoms with Gasteiger partial charge in [-0.25, -0.2) is 0 Å². The molecule has 1 aromatic rings. The lowest BCUT2D eigenvalue weighted by molar-refractivity contribution is 0.128. The molecule has 0 spiro atoms. The fourth-order valence-corrected chi connectivity index (χ4v) is 3.17. The summed E-state index contributed by atoms with van der Waals surface area (Å²) in [6, 6.07) is 8.16. The minimum Gasteiger partial charge on any atom is -0.497 e. The maximum absolute atomic E-state index is 5.78. The first kappa shape index (κ1) is 25.8. The first-order valence-electron chi connectivity index (χ1n) is 10.3. The standard InChI is InChI=1S/C21H36N4O3.HI/c1-4-22-21(24-18-9-12-25(13-10-18)14-16-26-2)23-11-6-15-28-20-8-5-7-19(17-20)27-3;/h5,7-8,17-18H,4,6,9-16H2,1-3H3,(H2,22,23,24);1H. The summed E-state index contributed by atoms with van der Waals surface area (Å²) in [5.41, 5.74) is 0. The fraction of sp³-hybridized carbons (Fsp3) is 0.667. The van der Waals surface area contributed by atoms with Crippen molar-refractivity contribution >= 4 is 29.9 Å². The smallest absolute Gasteiger partial charge is 0.191 e. The SMILES string of the molecule is CCNC(=NCCCOc1cccc(OC)c1)NC1CCN(CCOC)CC1.I. The summed E-state index contributed by atoms with van der Waals surface area (Å²) in [4.78, 5) is 7.16. The number of halogens is 1. The molecule has 1 aliphatic heterocycles. The zero-order valence-electron chi connectivity index (χ0n) is 18.0. The average molecular weight is 520 g/mol. The second-order valence-electron chi connectivity index (χ2n) is 6.89. The Labute approximate surface area is 192 Å². The third-order valence-electron chi connectivity index (χ3n) is 4.77. The molecule has 1 aromatic carbocycles. The van der Waals surface area contributed by atoms with Crippen molar-refractivity contribution in [3.63, 3.8) is 0 Å². The van der Waals surface area contributed by atoms with Crippen LogP contribution in [0.2, 0.25) is 0 Å². The Bertz CT molecular complexity index is 581. The molecule has 0 saturated carbocycles. The van der Waals surface area contributed by atoms with Gasteiger partial charge in [0.1, 0.15) is 11.5 Å². The van der Waals surface area contributed by atoms with Crippen LogP contribution in [-0.2, 0) is 4.74 Å². The predicted octanol–water partition coefficient (Wildman–Crippen LogP) is 2.75. The van der Waals surface area contributed by atoms with Crippen LogP contribution in [0.5, 0.6) is 11.5 Å². The van der Waals surface area contributed by atoms with Crippen molar-refractivity contribution < 1.29 is 14.2 Å². The van der Waals surface area contributed by atoms with Crippen molar-refractivity contribution in [3.05, 3.63) is 24.3 Å². The summed E-state index contributed by atoms with van der Waals surface area (Å²) in [6.07, 6.45) is 3.13. The van der Waals surface area contributed by atoms with Crippen molar-refractivity contribution in [1.29, 1.82) is 0 Å². The molecule has 0 atom stereocenters. The summed E-state index contributed by atoms with van der Waals surface area (Å²) in [5, 5.41) is 6.93. The average Bonchev–Trinajstić information content (AvgIpc) is 2.73.